The Balaban J connectivity index is 1.92. The van der Waals surface area contributed by atoms with Crippen LogP contribution >= 0.6 is 0 Å². The summed E-state index contributed by atoms with van der Waals surface area (Å²) in [5.74, 6) is 0.433. The molecule has 1 aromatic heterocycles. The van der Waals surface area contributed by atoms with Crippen molar-refractivity contribution in [2.75, 3.05) is 6.54 Å². The number of aliphatic hydroxyl groups is 1. The zero-order chi connectivity index (χ0) is 14.5. The van der Waals surface area contributed by atoms with Gasteiger partial charge in [-0.15, -0.1) is 0 Å². The van der Waals surface area contributed by atoms with Gasteiger partial charge < -0.3 is 20.5 Å². The molecule has 1 amide bonds. The molecule has 20 heavy (non-hydrogen) atoms. The molecule has 2 unspecified atom stereocenters. The predicted molar refractivity (Wildman–Crippen MR) is 74.3 cm³/mol. The molecule has 0 saturated carbocycles. The predicted octanol–water partition coefficient (Wildman–Crippen LogP) is 0.208. The average Bonchev–Trinajstić information content (AvgIpc) is 2.83. The van der Waals surface area contributed by atoms with Crippen LogP contribution in [0.1, 0.15) is 25.8 Å². The number of nitrogens with one attached hydrogen (secondary N) is 2. The number of carbonyl (C=O) groups is 1. The van der Waals surface area contributed by atoms with E-state index in [9.17, 15) is 9.90 Å². The van der Waals surface area contributed by atoms with Crippen molar-refractivity contribution in [3.63, 3.8) is 0 Å². The first-order valence-electron chi connectivity index (χ1n) is 6.86. The van der Waals surface area contributed by atoms with Crippen LogP contribution in [0.2, 0.25) is 0 Å². The molecule has 0 aromatic carbocycles. The Kier molecular flexibility index (Phi) is 4.92. The highest BCUT2D eigenvalue weighted by atomic mass is 16.5. The van der Waals surface area contributed by atoms with Gasteiger partial charge >= 0.3 is 0 Å². The molecular weight excluding hydrogens is 258 g/mol. The summed E-state index contributed by atoms with van der Waals surface area (Å²) in [6, 6.07) is 3.37. The normalized spacial score (nSPS) is 22.0. The summed E-state index contributed by atoms with van der Waals surface area (Å²) >= 11 is 0. The average molecular weight is 279 g/mol. The zero-order valence-electron chi connectivity index (χ0n) is 11.8. The number of ether oxygens (including phenoxy) is 1. The Labute approximate surface area is 118 Å². The number of hydrogen-bond acceptors (Lipinski definition) is 5. The van der Waals surface area contributed by atoms with Crippen molar-refractivity contribution in [3.05, 3.63) is 23.9 Å². The van der Waals surface area contributed by atoms with Crippen molar-refractivity contribution in [1.82, 2.24) is 15.6 Å². The van der Waals surface area contributed by atoms with Crippen LogP contribution < -0.4 is 15.4 Å². The summed E-state index contributed by atoms with van der Waals surface area (Å²) in [4.78, 5) is 16.1. The van der Waals surface area contributed by atoms with Gasteiger partial charge in [-0.1, -0.05) is 6.07 Å². The van der Waals surface area contributed by atoms with E-state index in [-0.39, 0.29) is 18.1 Å². The molecular formula is C14H21N3O3. The molecule has 0 aliphatic carbocycles. The minimum atomic E-state index is -0.441. The third-order valence-electron chi connectivity index (χ3n) is 3.07. The fourth-order valence-electron chi connectivity index (χ4n) is 2.11. The lowest BCUT2D eigenvalue weighted by Gasteiger charge is -2.14. The van der Waals surface area contributed by atoms with Crippen LogP contribution in [0.4, 0.5) is 0 Å². The van der Waals surface area contributed by atoms with Crippen LogP contribution in [-0.2, 0) is 11.3 Å². The molecule has 2 rings (SSSR count). The van der Waals surface area contributed by atoms with Gasteiger partial charge in [-0.05, 0) is 26.3 Å². The lowest BCUT2D eigenvalue weighted by Crippen LogP contribution is -2.40. The van der Waals surface area contributed by atoms with E-state index in [1.54, 1.807) is 6.20 Å². The second-order valence-electron chi connectivity index (χ2n) is 5.20. The number of pyridine rings is 1. The van der Waals surface area contributed by atoms with E-state index in [4.69, 9.17) is 4.74 Å². The summed E-state index contributed by atoms with van der Waals surface area (Å²) in [6.07, 6.45) is 1.71. The summed E-state index contributed by atoms with van der Waals surface area (Å²) in [6.45, 7) is 4.69. The number of aliphatic hydroxyl groups excluding tert-OH is 1. The molecule has 3 N–H and O–H groups in total. The van der Waals surface area contributed by atoms with Gasteiger partial charge in [0.05, 0.1) is 18.2 Å². The van der Waals surface area contributed by atoms with Crippen molar-refractivity contribution in [3.8, 4) is 5.88 Å². The van der Waals surface area contributed by atoms with Gasteiger partial charge in [0.1, 0.15) is 0 Å². The third kappa shape index (κ3) is 3.91. The van der Waals surface area contributed by atoms with Gasteiger partial charge in [-0.25, -0.2) is 4.98 Å². The maximum Gasteiger partial charge on any atom is 0.237 e. The van der Waals surface area contributed by atoms with Gasteiger partial charge in [0.25, 0.3) is 0 Å². The standard InChI is InChI=1S/C14H21N3O3/c1-9(2)20-14-10(4-3-5-15-14)7-17-13(19)12-6-11(18)8-16-12/h3-5,9,11-12,16,18H,6-8H2,1-2H3,(H,17,19). The second-order valence-corrected chi connectivity index (χ2v) is 5.20. The van der Waals surface area contributed by atoms with E-state index < -0.39 is 6.10 Å². The van der Waals surface area contributed by atoms with E-state index in [0.29, 0.717) is 25.4 Å². The summed E-state index contributed by atoms with van der Waals surface area (Å²) in [5.41, 5.74) is 0.841. The molecule has 1 fully saturated rings. The van der Waals surface area contributed by atoms with Crippen LogP contribution in [0.3, 0.4) is 0 Å². The molecule has 0 spiro atoms. The maximum absolute atomic E-state index is 12.0. The Morgan fingerprint density at radius 1 is 1.65 bits per heavy atom. The molecule has 0 bridgehead atoms. The first-order valence-corrected chi connectivity index (χ1v) is 6.86. The van der Waals surface area contributed by atoms with Crippen LogP contribution in [0.5, 0.6) is 5.88 Å². The van der Waals surface area contributed by atoms with E-state index in [0.717, 1.165) is 5.56 Å². The fourth-order valence-corrected chi connectivity index (χ4v) is 2.11. The van der Waals surface area contributed by atoms with E-state index in [1.807, 2.05) is 26.0 Å². The Morgan fingerprint density at radius 3 is 3.10 bits per heavy atom. The number of rotatable bonds is 5. The molecule has 2 heterocycles. The zero-order valence-corrected chi connectivity index (χ0v) is 11.8. The highest BCUT2D eigenvalue weighted by Gasteiger charge is 2.27. The largest absolute Gasteiger partial charge is 0.475 e. The van der Waals surface area contributed by atoms with Crippen molar-refractivity contribution in [2.45, 2.75) is 45.1 Å². The van der Waals surface area contributed by atoms with Gasteiger partial charge in [-0.2, -0.15) is 0 Å². The van der Waals surface area contributed by atoms with E-state index in [2.05, 4.69) is 15.6 Å². The Morgan fingerprint density at radius 2 is 2.45 bits per heavy atom. The third-order valence-corrected chi connectivity index (χ3v) is 3.07. The van der Waals surface area contributed by atoms with Crippen molar-refractivity contribution in [1.29, 1.82) is 0 Å². The monoisotopic (exact) mass is 279 g/mol. The number of nitrogens with zero attached hydrogens (tertiary/aromatic N) is 1. The SMILES string of the molecule is CC(C)Oc1ncccc1CNC(=O)C1CC(O)CN1. The second kappa shape index (κ2) is 6.67. The number of amides is 1. The molecule has 2 atom stereocenters. The molecule has 1 aromatic rings. The summed E-state index contributed by atoms with van der Waals surface area (Å²) < 4.78 is 5.60. The first kappa shape index (κ1) is 14.7. The molecule has 1 aliphatic rings. The quantitative estimate of drug-likeness (QED) is 0.717. The molecule has 1 saturated heterocycles. The van der Waals surface area contributed by atoms with Crippen molar-refractivity contribution >= 4 is 5.91 Å². The lowest BCUT2D eigenvalue weighted by molar-refractivity contribution is -0.123. The van der Waals surface area contributed by atoms with Gasteiger partial charge in [0, 0.05) is 24.8 Å². The van der Waals surface area contributed by atoms with Gasteiger partial charge in [-0.3, -0.25) is 4.79 Å². The Bertz CT molecular complexity index is 465. The van der Waals surface area contributed by atoms with E-state index in [1.165, 1.54) is 0 Å². The minimum absolute atomic E-state index is 0.0333. The number of hydrogen-bond donors (Lipinski definition) is 3. The number of β-amino-alcohol motifs (C(OH)–C–C–N with tert-alkyl or cyclic N) is 1. The molecule has 0 radical (unpaired) electrons. The topological polar surface area (TPSA) is 83.5 Å². The number of aromatic nitrogens is 1. The van der Waals surface area contributed by atoms with Gasteiger partial charge in [0.15, 0.2) is 0 Å². The van der Waals surface area contributed by atoms with Crippen molar-refractivity contribution in [2.24, 2.45) is 0 Å². The van der Waals surface area contributed by atoms with Crippen molar-refractivity contribution < 1.29 is 14.6 Å². The number of carbonyl (C=O) groups excluding carboxylic acids is 1. The fraction of sp³-hybridized carbons (Fsp3) is 0.571. The summed E-state index contributed by atoms with van der Waals surface area (Å²) in [7, 11) is 0. The van der Waals surface area contributed by atoms with Crippen LogP contribution in [0, 0.1) is 0 Å². The first-order chi connectivity index (χ1) is 9.56. The Hall–Kier alpha value is -1.66. The molecule has 1 aliphatic heterocycles. The molecule has 110 valence electrons. The van der Waals surface area contributed by atoms with Crippen LogP contribution in [0.25, 0.3) is 0 Å². The molecule has 6 heteroatoms. The van der Waals surface area contributed by atoms with Crippen LogP contribution in [0.15, 0.2) is 18.3 Å². The highest BCUT2D eigenvalue weighted by Crippen LogP contribution is 2.16. The minimum Gasteiger partial charge on any atom is -0.475 e. The molecule has 6 nitrogen and oxygen atoms in total. The smallest absolute Gasteiger partial charge is 0.237 e. The highest BCUT2D eigenvalue weighted by molar-refractivity contribution is 5.82. The lowest BCUT2D eigenvalue weighted by atomic mass is 10.2. The maximum atomic E-state index is 12.0. The van der Waals surface area contributed by atoms with Crippen LogP contribution in [-0.4, -0.2) is 40.8 Å². The summed E-state index contributed by atoms with van der Waals surface area (Å²) in [5, 5.41) is 15.2. The van der Waals surface area contributed by atoms with Gasteiger partial charge in [0.2, 0.25) is 11.8 Å². The van der Waals surface area contributed by atoms with E-state index >= 15 is 0 Å².